The highest BCUT2D eigenvalue weighted by atomic mass is 35.5. The zero-order valence-electron chi connectivity index (χ0n) is 11.6. The van der Waals surface area contributed by atoms with E-state index in [1.54, 1.807) is 0 Å². The Morgan fingerprint density at radius 2 is 1.96 bits per heavy atom. The number of nitro groups is 1. The molecule has 10 heteroatoms. The first-order valence-electron chi connectivity index (χ1n) is 6.21. The molecule has 0 radical (unpaired) electrons. The van der Waals surface area contributed by atoms with Gasteiger partial charge in [0, 0.05) is 11.0 Å². The Labute approximate surface area is 151 Å². The Bertz CT molecular complexity index is 859. The van der Waals surface area contributed by atoms with Crippen molar-refractivity contribution in [1.29, 1.82) is 0 Å². The molecule has 0 aliphatic carbocycles. The van der Waals surface area contributed by atoms with Crippen molar-refractivity contribution in [2.24, 2.45) is 0 Å². The second-order valence-corrected chi connectivity index (χ2v) is 5.74. The normalized spacial score (nSPS) is 10.3. The van der Waals surface area contributed by atoms with Gasteiger partial charge >= 0.3 is 5.97 Å². The zero-order chi connectivity index (χ0) is 18.0. The maximum atomic E-state index is 11.6. The fourth-order valence-corrected chi connectivity index (χ4v) is 2.76. The van der Waals surface area contributed by atoms with Gasteiger partial charge in [-0.05, 0) is 24.3 Å². The quantitative estimate of drug-likeness (QED) is 0.347. The molecule has 24 heavy (non-hydrogen) atoms. The van der Waals surface area contributed by atoms with Crippen LogP contribution in [0.1, 0.15) is 10.4 Å². The third-order valence-corrected chi connectivity index (χ3v) is 4.23. The van der Waals surface area contributed by atoms with Crippen molar-refractivity contribution in [3.05, 3.63) is 56.1 Å². The van der Waals surface area contributed by atoms with Crippen molar-refractivity contribution in [1.82, 2.24) is 0 Å². The first-order chi connectivity index (χ1) is 11.3. The Morgan fingerprint density at radius 3 is 2.50 bits per heavy atom. The van der Waals surface area contributed by atoms with E-state index in [2.05, 4.69) is 12.6 Å². The van der Waals surface area contributed by atoms with Gasteiger partial charge in [-0.2, -0.15) is 0 Å². The van der Waals surface area contributed by atoms with Gasteiger partial charge in [-0.15, -0.1) is 12.6 Å². The summed E-state index contributed by atoms with van der Waals surface area (Å²) >= 11 is 16.2. The molecule has 124 valence electrons. The van der Waals surface area contributed by atoms with E-state index in [4.69, 9.17) is 28.3 Å². The first-order valence-corrected chi connectivity index (χ1v) is 7.41. The molecule has 0 spiro atoms. The lowest BCUT2D eigenvalue weighted by molar-refractivity contribution is -0.384. The number of benzene rings is 2. The topological polar surface area (TPSA) is 101 Å². The van der Waals surface area contributed by atoms with Gasteiger partial charge in [0.25, 0.3) is 5.69 Å². The van der Waals surface area contributed by atoms with Crippen LogP contribution in [0.5, 0.6) is 0 Å². The summed E-state index contributed by atoms with van der Waals surface area (Å²) in [4.78, 5) is 34.2. The van der Waals surface area contributed by atoms with Crippen molar-refractivity contribution in [2.75, 3.05) is 4.90 Å². The summed E-state index contributed by atoms with van der Waals surface area (Å²) < 4.78 is 0. The average Bonchev–Trinajstić information content (AvgIpc) is 2.54. The minimum Gasteiger partial charge on any atom is -0.478 e. The number of amides is 1. The van der Waals surface area contributed by atoms with Crippen LogP contribution in [0.15, 0.2) is 35.2 Å². The molecule has 0 saturated heterocycles. The van der Waals surface area contributed by atoms with Gasteiger partial charge in [-0.25, -0.2) is 4.79 Å². The molecule has 1 amide bonds. The first kappa shape index (κ1) is 18.1. The molecular weight excluding hydrogens is 379 g/mol. The van der Waals surface area contributed by atoms with Crippen LogP contribution in [0.3, 0.4) is 0 Å². The minimum absolute atomic E-state index is 0.0205. The predicted octanol–water partition coefficient (Wildman–Crippen LogP) is 4.18. The number of hydrogen-bond acceptors (Lipinski definition) is 5. The summed E-state index contributed by atoms with van der Waals surface area (Å²) in [5.74, 6) is -1.34. The molecule has 2 aromatic carbocycles. The number of carboxylic acid groups (broad SMARTS) is 1. The molecule has 0 unspecified atom stereocenters. The van der Waals surface area contributed by atoms with E-state index in [0.29, 0.717) is 6.41 Å². The lowest BCUT2D eigenvalue weighted by Gasteiger charge is -2.21. The highest BCUT2D eigenvalue weighted by Gasteiger charge is 2.26. The fraction of sp³-hybridized carbons (Fsp3) is 0. The molecule has 2 aromatic rings. The van der Waals surface area contributed by atoms with Gasteiger partial charge in [0.15, 0.2) is 0 Å². The number of anilines is 2. The average molecular weight is 387 g/mol. The second kappa shape index (κ2) is 7.08. The van der Waals surface area contributed by atoms with Crippen LogP contribution in [-0.2, 0) is 4.79 Å². The van der Waals surface area contributed by atoms with Gasteiger partial charge < -0.3 is 5.11 Å². The van der Waals surface area contributed by atoms with Crippen molar-refractivity contribution < 1.29 is 19.6 Å². The van der Waals surface area contributed by atoms with Gasteiger partial charge in [-0.3, -0.25) is 19.8 Å². The number of nitrogens with zero attached hydrogens (tertiary/aromatic N) is 2. The van der Waals surface area contributed by atoms with Crippen LogP contribution in [0, 0.1) is 10.1 Å². The number of carbonyl (C=O) groups excluding carboxylic acids is 1. The van der Waals surface area contributed by atoms with Crippen molar-refractivity contribution in [3.8, 4) is 0 Å². The third-order valence-electron chi connectivity index (χ3n) is 3.07. The maximum Gasteiger partial charge on any atom is 0.335 e. The van der Waals surface area contributed by atoms with Gasteiger partial charge in [-0.1, -0.05) is 23.2 Å². The summed E-state index contributed by atoms with van der Waals surface area (Å²) in [5.41, 5.74) is -0.987. The van der Waals surface area contributed by atoms with Gasteiger partial charge in [0.1, 0.15) is 5.69 Å². The SMILES string of the molecule is O=CN(c1ccc(C(=O)O)cc1[N+](=O)[O-])c1c(S)ccc(Cl)c1Cl. The molecule has 0 bridgehead atoms. The Morgan fingerprint density at radius 1 is 1.29 bits per heavy atom. The number of carbonyl (C=O) groups is 2. The number of thiol groups is 1. The molecular formula is C14H8Cl2N2O5S. The van der Waals surface area contributed by atoms with Crippen LogP contribution in [0.25, 0.3) is 0 Å². The fourth-order valence-electron chi connectivity index (χ4n) is 2.00. The predicted molar refractivity (Wildman–Crippen MR) is 92.0 cm³/mol. The van der Waals surface area contributed by atoms with E-state index in [-0.39, 0.29) is 31.9 Å². The molecule has 2 rings (SSSR count). The molecule has 0 aliphatic rings. The van der Waals surface area contributed by atoms with Crippen LogP contribution < -0.4 is 4.90 Å². The van der Waals surface area contributed by atoms with E-state index in [1.807, 2.05) is 0 Å². The lowest BCUT2D eigenvalue weighted by Crippen LogP contribution is -2.17. The third kappa shape index (κ3) is 3.30. The van der Waals surface area contributed by atoms with E-state index >= 15 is 0 Å². The summed E-state index contributed by atoms with van der Waals surface area (Å²) in [6.07, 6.45) is 0.306. The number of nitro benzene ring substituents is 1. The monoisotopic (exact) mass is 386 g/mol. The summed E-state index contributed by atoms with van der Waals surface area (Å²) in [6, 6.07) is 6.06. The van der Waals surface area contributed by atoms with E-state index in [9.17, 15) is 19.7 Å². The van der Waals surface area contributed by atoms with Crippen LogP contribution in [-0.4, -0.2) is 22.4 Å². The molecule has 0 atom stereocenters. The molecule has 0 saturated carbocycles. The number of aromatic carboxylic acids is 1. The maximum absolute atomic E-state index is 11.6. The minimum atomic E-state index is -1.34. The van der Waals surface area contributed by atoms with Crippen molar-refractivity contribution >= 4 is 65.3 Å². The number of carboxylic acids is 1. The molecule has 1 N–H and O–H groups in total. The summed E-state index contributed by atoms with van der Waals surface area (Å²) in [5, 5.41) is 20.3. The number of rotatable bonds is 5. The highest BCUT2D eigenvalue weighted by Crippen LogP contribution is 2.42. The van der Waals surface area contributed by atoms with E-state index in [1.165, 1.54) is 12.1 Å². The Kier molecular flexibility index (Phi) is 5.33. The van der Waals surface area contributed by atoms with Crippen molar-refractivity contribution in [3.63, 3.8) is 0 Å². The number of halogens is 2. The molecule has 0 fully saturated rings. The molecule has 0 aromatic heterocycles. The van der Waals surface area contributed by atoms with Crippen LogP contribution in [0.4, 0.5) is 17.1 Å². The standard InChI is InChI=1S/C14H8Cl2N2O5S/c15-8-2-4-11(24)13(12(8)16)17(6-19)9-3-1-7(14(20)21)5-10(9)18(22)23/h1-6,24H,(H,20,21). The number of hydrogen-bond donors (Lipinski definition) is 2. The summed E-state index contributed by atoms with van der Waals surface area (Å²) in [6.45, 7) is 0. The smallest absolute Gasteiger partial charge is 0.335 e. The van der Waals surface area contributed by atoms with E-state index < -0.39 is 16.6 Å². The second-order valence-electron chi connectivity index (χ2n) is 4.47. The molecule has 0 aliphatic heterocycles. The molecule has 7 nitrogen and oxygen atoms in total. The van der Waals surface area contributed by atoms with Gasteiger partial charge in [0.2, 0.25) is 6.41 Å². The van der Waals surface area contributed by atoms with Crippen LogP contribution >= 0.6 is 35.8 Å². The Hall–Kier alpha value is -2.29. The van der Waals surface area contributed by atoms with Gasteiger partial charge in [0.05, 0.1) is 26.2 Å². The van der Waals surface area contributed by atoms with Crippen LogP contribution in [0.2, 0.25) is 10.0 Å². The zero-order valence-corrected chi connectivity index (χ0v) is 14.0. The van der Waals surface area contributed by atoms with E-state index in [0.717, 1.165) is 23.1 Å². The van der Waals surface area contributed by atoms with Crippen molar-refractivity contribution in [2.45, 2.75) is 4.90 Å². The summed E-state index contributed by atoms with van der Waals surface area (Å²) in [7, 11) is 0. The Balaban J connectivity index is 2.73. The molecule has 0 heterocycles. The lowest BCUT2D eigenvalue weighted by atomic mass is 10.1. The largest absolute Gasteiger partial charge is 0.478 e. The highest BCUT2D eigenvalue weighted by molar-refractivity contribution is 7.80.